The summed E-state index contributed by atoms with van der Waals surface area (Å²) >= 11 is 0. The van der Waals surface area contributed by atoms with Crippen LogP contribution in [0.2, 0.25) is 0 Å². The SMILES string of the molecule is NCC#Cc1ccccc1CN1CCCC1. The summed E-state index contributed by atoms with van der Waals surface area (Å²) in [7, 11) is 0. The summed E-state index contributed by atoms with van der Waals surface area (Å²) in [5, 5.41) is 0. The summed E-state index contributed by atoms with van der Waals surface area (Å²) in [5.74, 6) is 6.07. The first-order chi connectivity index (χ1) is 7.90. The lowest BCUT2D eigenvalue weighted by atomic mass is 10.1. The van der Waals surface area contributed by atoms with Crippen molar-refractivity contribution in [3.8, 4) is 11.8 Å². The molecule has 0 atom stereocenters. The van der Waals surface area contributed by atoms with Crippen LogP contribution in [-0.2, 0) is 6.54 Å². The second-order valence-electron chi connectivity index (χ2n) is 4.15. The molecule has 2 N–H and O–H groups in total. The third kappa shape index (κ3) is 2.85. The van der Waals surface area contributed by atoms with Crippen molar-refractivity contribution in [1.29, 1.82) is 0 Å². The van der Waals surface area contributed by atoms with Gasteiger partial charge in [-0.15, -0.1) is 0 Å². The smallest absolute Gasteiger partial charge is 0.0555 e. The van der Waals surface area contributed by atoms with Gasteiger partial charge >= 0.3 is 0 Å². The number of nitrogens with zero attached hydrogens (tertiary/aromatic N) is 1. The van der Waals surface area contributed by atoms with Gasteiger partial charge in [0, 0.05) is 12.1 Å². The van der Waals surface area contributed by atoms with Crippen LogP contribution in [-0.4, -0.2) is 24.5 Å². The van der Waals surface area contributed by atoms with E-state index in [1.165, 1.54) is 31.5 Å². The molecular formula is C14H18N2. The minimum Gasteiger partial charge on any atom is -0.320 e. The second kappa shape index (κ2) is 5.69. The van der Waals surface area contributed by atoms with Crippen LogP contribution >= 0.6 is 0 Å². The lowest BCUT2D eigenvalue weighted by molar-refractivity contribution is 0.331. The molecule has 84 valence electrons. The fourth-order valence-corrected chi connectivity index (χ4v) is 2.11. The van der Waals surface area contributed by atoms with Crippen molar-refractivity contribution in [2.75, 3.05) is 19.6 Å². The molecule has 16 heavy (non-hydrogen) atoms. The maximum Gasteiger partial charge on any atom is 0.0555 e. The van der Waals surface area contributed by atoms with Crippen molar-refractivity contribution in [3.05, 3.63) is 35.4 Å². The average molecular weight is 214 g/mol. The molecule has 1 aliphatic rings. The Bertz CT molecular complexity index is 395. The zero-order valence-electron chi connectivity index (χ0n) is 9.58. The maximum atomic E-state index is 5.41. The number of likely N-dealkylation sites (tertiary alicyclic amines) is 1. The van der Waals surface area contributed by atoms with E-state index in [0.29, 0.717) is 6.54 Å². The van der Waals surface area contributed by atoms with Crippen molar-refractivity contribution in [1.82, 2.24) is 4.90 Å². The number of rotatable bonds is 2. The second-order valence-corrected chi connectivity index (χ2v) is 4.15. The number of hydrogen-bond acceptors (Lipinski definition) is 2. The predicted molar refractivity (Wildman–Crippen MR) is 66.9 cm³/mol. The van der Waals surface area contributed by atoms with Gasteiger partial charge in [-0.25, -0.2) is 0 Å². The van der Waals surface area contributed by atoms with Gasteiger partial charge in [0.05, 0.1) is 6.54 Å². The normalized spacial score (nSPS) is 15.8. The van der Waals surface area contributed by atoms with E-state index in [2.05, 4.69) is 34.9 Å². The number of benzene rings is 1. The molecule has 0 aliphatic carbocycles. The average Bonchev–Trinajstić information content (AvgIpc) is 2.81. The van der Waals surface area contributed by atoms with E-state index in [1.807, 2.05) is 6.07 Å². The third-order valence-electron chi connectivity index (χ3n) is 2.94. The molecule has 1 fully saturated rings. The van der Waals surface area contributed by atoms with Gasteiger partial charge in [-0.2, -0.15) is 0 Å². The molecule has 2 nitrogen and oxygen atoms in total. The lowest BCUT2D eigenvalue weighted by Gasteiger charge is -2.15. The summed E-state index contributed by atoms with van der Waals surface area (Å²) in [6.45, 7) is 3.89. The molecule has 2 heteroatoms. The molecule has 0 saturated carbocycles. The van der Waals surface area contributed by atoms with Crippen molar-refractivity contribution in [2.45, 2.75) is 19.4 Å². The van der Waals surface area contributed by atoms with E-state index in [4.69, 9.17) is 5.73 Å². The van der Waals surface area contributed by atoms with E-state index in [9.17, 15) is 0 Å². The quantitative estimate of drug-likeness (QED) is 0.758. The van der Waals surface area contributed by atoms with Crippen LogP contribution in [0.1, 0.15) is 24.0 Å². The van der Waals surface area contributed by atoms with Crippen LogP contribution < -0.4 is 5.73 Å². The van der Waals surface area contributed by atoms with Gasteiger partial charge in [0.1, 0.15) is 0 Å². The number of hydrogen-bond donors (Lipinski definition) is 1. The molecule has 1 saturated heterocycles. The van der Waals surface area contributed by atoms with Crippen LogP contribution in [0.4, 0.5) is 0 Å². The topological polar surface area (TPSA) is 29.3 Å². The summed E-state index contributed by atoms with van der Waals surface area (Å²) in [6.07, 6.45) is 2.66. The summed E-state index contributed by atoms with van der Waals surface area (Å²) < 4.78 is 0. The van der Waals surface area contributed by atoms with Gasteiger partial charge < -0.3 is 5.73 Å². The molecule has 2 rings (SSSR count). The van der Waals surface area contributed by atoms with Crippen molar-refractivity contribution < 1.29 is 0 Å². The zero-order valence-corrected chi connectivity index (χ0v) is 9.58. The standard InChI is InChI=1S/C14H18N2/c15-9-5-8-13-6-1-2-7-14(13)12-16-10-3-4-11-16/h1-2,6-7H,3-4,9-12,15H2. The van der Waals surface area contributed by atoms with E-state index < -0.39 is 0 Å². The van der Waals surface area contributed by atoms with Crippen LogP contribution in [0.25, 0.3) is 0 Å². The fourth-order valence-electron chi connectivity index (χ4n) is 2.11. The molecule has 1 aromatic carbocycles. The lowest BCUT2D eigenvalue weighted by Crippen LogP contribution is -2.18. The molecule has 0 amide bonds. The highest BCUT2D eigenvalue weighted by atomic mass is 15.1. The van der Waals surface area contributed by atoms with Crippen molar-refractivity contribution in [3.63, 3.8) is 0 Å². The molecule has 1 aromatic rings. The summed E-state index contributed by atoms with van der Waals surface area (Å²) in [6, 6.07) is 8.36. The highest BCUT2D eigenvalue weighted by molar-refractivity contribution is 5.41. The predicted octanol–water partition coefficient (Wildman–Crippen LogP) is 1.59. The Hall–Kier alpha value is -1.30. The van der Waals surface area contributed by atoms with Crippen molar-refractivity contribution >= 4 is 0 Å². The van der Waals surface area contributed by atoms with Gasteiger partial charge in [0.2, 0.25) is 0 Å². The van der Waals surface area contributed by atoms with Gasteiger partial charge in [-0.05, 0) is 37.6 Å². The first-order valence-electron chi connectivity index (χ1n) is 5.89. The Labute approximate surface area is 97.4 Å². The highest BCUT2D eigenvalue weighted by Crippen LogP contribution is 2.15. The van der Waals surface area contributed by atoms with Crippen molar-refractivity contribution in [2.24, 2.45) is 5.73 Å². The Kier molecular flexibility index (Phi) is 3.98. The molecular weight excluding hydrogens is 196 g/mol. The van der Waals surface area contributed by atoms with E-state index in [0.717, 1.165) is 12.1 Å². The van der Waals surface area contributed by atoms with E-state index in [1.54, 1.807) is 0 Å². The van der Waals surface area contributed by atoms with Crippen LogP contribution in [0.3, 0.4) is 0 Å². The summed E-state index contributed by atoms with van der Waals surface area (Å²) in [5.41, 5.74) is 7.86. The third-order valence-corrected chi connectivity index (χ3v) is 2.94. The monoisotopic (exact) mass is 214 g/mol. The maximum absolute atomic E-state index is 5.41. The first kappa shape index (κ1) is 11.2. The first-order valence-corrected chi connectivity index (χ1v) is 5.89. The van der Waals surface area contributed by atoms with Crippen LogP contribution in [0.15, 0.2) is 24.3 Å². The highest BCUT2D eigenvalue weighted by Gasteiger charge is 2.12. The van der Waals surface area contributed by atoms with Gasteiger partial charge in [0.15, 0.2) is 0 Å². The molecule has 0 radical (unpaired) electrons. The van der Waals surface area contributed by atoms with Gasteiger partial charge in [-0.3, -0.25) is 4.90 Å². The molecule has 0 spiro atoms. The van der Waals surface area contributed by atoms with Crippen LogP contribution in [0.5, 0.6) is 0 Å². The molecule has 1 heterocycles. The Balaban J connectivity index is 2.12. The largest absolute Gasteiger partial charge is 0.320 e. The minimum atomic E-state index is 0.429. The Morgan fingerprint density at radius 3 is 2.69 bits per heavy atom. The van der Waals surface area contributed by atoms with E-state index >= 15 is 0 Å². The van der Waals surface area contributed by atoms with E-state index in [-0.39, 0.29) is 0 Å². The van der Waals surface area contributed by atoms with Gasteiger partial charge in [0.25, 0.3) is 0 Å². The van der Waals surface area contributed by atoms with Gasteiger partial charge in [-0.1, -0.05) is 30.0 Å². The Morgan fingerprint density at radius 2 is 1.94 bits per heavy atom. The summed E-state index contributed by atoms with van der Waals surface area (Å²) in [4.78, 5) is 2.49. The molecule has 1 aliphatic heterocycles. The molecule has 0 bridgehead atoms. The molecule has 0 aromatic heterocycles. The molecule has 0 unspecified atom stereocenters. The van der Waals surface area contributed by atoms with Crippen LogP contribution in [0, 0.1) is 11.8 Å². The zero-order chi connectivity index (χ0) is 11.2. The number of nitrogens with two attached hydrogens (primary N) is 1. The Morgan fingerprint density at radius 1 is 1.19 bits per heavy atom. The fraction of sp³-hybridized carbons (Fsp3) is 0.429. The minimum absolute atomic E-state index is 0.429.